The smallest absolute Gasteiger partial charge is 0.273 e. The van der Waals surface area contributed by atoms with E-state index < -0.39 is 23.2 Å². The van der Waals surface area contributed by atoms with Gasteiger partial charge in [-0.1, -0.05) is 24.3 Å². The van der Waals surface area contributed by atoms with Gasteiger partial charge in [0.25, 0.3) is 11.8 Å². The Hall–Kier alpha value is -2.73. The van der Waals surface area contributed by atoms with E-state index in [0.717, 1.165) is 5.56 Å². The minimum atomic E-state index is -0.761. The Labute approximate surface area is 143 Å². The Morgan fingerprint density at radius 2 is 1.88 bits per heavy atom. The van der Waals surface area contributed by atoms with Crippen molar-refractivity contribution in [1.29, 1.82) is 0 Å². The molecule has 1 heterocycles. The highest BCUT2D eigenvalue weighted by Crippen LogP contribution is 2.37. The van der Waals surface area contributed by atoms with Gasteiger partial charge in [0.1, 0.15) is 22.9 Å². The van der Waals surface area contributed by atoms with Gasteiger partial charge in [-0.05, 0) is 29.8 Å². The van der Waals surface area contributed by atoms with Crippen molar-refractivity contribution in [3.8, 4) is 11.5 Å². The van der Waals surface area contributed by atoms with Crippen LogP contribution >= 0.6 is 11.6 Å². The molecular weight excluding hydrogens is 332 g/mol. The van der Waals surface area contributed by atoms with E-state index in [-0.39, 0.29) is 11.3 Å². The maximum absolute atomic E-state index is 12.3. The molecule has 1 saturated heterocycles. The van der Waals surface area contributed by atoms with Gasteiger partial charge in [0.2, 0.25) is 0 Å². The zero-order valence-electron chi connectivity index (χ0n) is 12.8. The van der Waals surface area contributed by atoms with E-state index in [1.165, 1.54) is 17.1 Å². The molecule has 0 saturated carbocycles. The summed E-state index contributed by atoms with van der Waals surface area (Å²) < 4.78 is 5.10. The van der Waals surface area contributed by atoms with Crippen molar-refractivity contribution in [2.45, 2.75) is 11.4 Å². The molecule has 2 aromatic rings. The molecule has 2 N–H and O–H groups in total. The van der Waals surface area contributed by atoms with E-state index >= 15 is 0 Å². The van der Waals surface area contributed by atoms with Gasteiger partial charge in [-0.15, -0.1) is 11.6 Å². The van der Waals surface area contributed by atoms with Gasteiger partial charge in [-0.2, -0.15) is 0 Å². The molecule has 0 bridgehead atoms. The van der Waals surface area contributed by atoms with Gasteiger partial charge >= 0.3 is 0 Å². The predicted molar refractivity (Wildman–Crippen MR) is 87.8 cm³/mol. The number of para-hydroxylation sites is 1. The maximum Gasteiger partial charge on any atom is 0.273 e. The van der Waals surface area contributed by atoms with Crippen LogP contribution in [0.15, 0.2) is 48.5 Å². The predicted octanol–water partition coefficient (Wildman–Crippen LogP) is 2.24. The van der Waals surface area contributed by atoms with Crippen LogP contribution in [0, 0.1) is 0 Å². The summed E-state index contributed by atoms with van der Waals surface area (Å²) in [6, 6.07) is 12.7. The van der Waals surface area contributed by atoms with Crippen LogP contribution in [-0.2, 0) is 4.79 Å². The Morgan fingerprint density at radius 3 is 2.50 bits per heavy atom. The minimum Gasteiger partial charge on any atom is -0.507 e. The van der Waals surface area contributed by atoms with Crippen LogP contribution in [0.4, 0.5) is 0 Å². The molecule has 0 radical (unpaired) electrons. The van der Waals surface area contributed by atoms with Crippen LogP contribution in [0.5, 0.6) is 11.5 Å². The number of alkyl halides is 1. The third-order valence-electron chi connectivity index (χ3n) is 3.86. The number of rotatable bonds is 4. The van der Waals surface area contributed by atoms with Crippen LogP contribution in [-0.4, -0.2) is 34.4 Å². The maximum atomic E-state index is 12.3. The zero-order valence-corrected chi connectivity index (χ0v) is 13.5. The first-order valence-corrected chi connectivity index (χ1v) is 7.66. The van der Waals surface area contributed by atoms with Crippen molar-refractivity contribution in [1.82, 2.24) is 10.4 Å². The zero-order chi connectivity index (χ0) is 17.3. The number of hydrazine groups is 1. The number of carbonyl (C=O) groups excluding carboxylic acids is 2. The summed E-state index contributed by atoms with van der Waals surface area (Å²) in [5.41, 5.74) is 3.35. The molecule has 1 aliphatic rings. The van der Waals surface area contributed by atoms with Crippen LogP contribution < -0.4 is 10.2 Å². The first-order valence-electron chi connectivity index (χ1n) is 7.23. The summed E-state index contributed by atoms with van der Waals surface area (Å²) in [7, 11) is 1.56. The Balaban J connectivity index is 1.79. The molecule has 24 heavy (non-hydrogen) atoms. The lowest BCUT2D eigenvalue weighted by molar-refractivity contribution is -0.149. The lowest BCUT2D eigenvalue weighted by Gasteiger charge is -2.43. The molecule has 1 fully saturated rings. The lowest BCUT2D eigenvalue weighted by atomic mass is 9.95. The van der Waals surface area contributed by atoms with Crippen LogP contribution in [0.25, 0.3) is 0 Å². The minimum absolute atomic E-state index is 0.0804. The standard InChI is InChI=1S/C17H15ClN2O4/c1-24-11-8-6-10(7-9-11)15-14(18)17(23)20(15)19-16(22)12-4-2-3-5-13(12)21/h2-9,14-15,21H,1H3,(H,19,22)/t14-,15+/m0/s1. The largest absolute Gasteiger partial charge is 0.507 e. The van der Waals surface area contributed by atoms with E-state index in [1.54, 1.807) is 43.5 Å². The number of nitrogens with one attached hydrogen (secondary N) is 1. The number of phenols is 1. The summed E-state index contributed by atoms with van der Waals surface area (Å²) in [5.74, 6) is -0.462. The van der Waals surface area contributed by atoms with Gasteiger partial charge in [0.05, 0.1) is 12.7 Å². The number of phenolic OH excluding ortho intramolecular Hbond substituents is 1. The number of hydrogen-bond acceptors (Lipinski definition) is 4. The monoisotopic (exact) mass is 346 g/mol. The number of halogens is 1. The molecule has 6 nitrogen and oxygen atoms in total. The average Bonchev–Trinajstić information content (AvgIpc) is 2.61. The van der Waals surface area contributed by atoms with Crippen molar-refractivity contribution < 1.29 is 19.4 Å². The summed E-state index contributed by atoms with van der Waals surface area (Å²) in [6.45, 7) is 0. The van der Waals surface area contributed by atoms with Crippen LogP contribution in [0.1, 0.15) is 22.0 Å². The first-order chi connectivity index (χ1) is 11.5. The van der Waals surface area contributed by atoms with Gasteiger partial charge < -0.3 is 9.84 Å². The summed E-state index contributed by atoms with van der Waals surface area (Å²) in [6.07, 6.45) is 0. The quantitative estimate of drug-likeness (QED) is 0.657. The number of ether oxygens (including phenoxy) is 1. The second kappa shape index (κ2) is 6.41. The summed E-state index contributed by atoms with van der Waals surface area (Å²) >= 11 is 6.11. The Kier molecular flexibility index (Phi) is 4.31. The highest BCUT2D eigenvalue weighted by atomic mass is 35.5. The summed E-state index contributed by atoms with van der Waals surface area (Å²) in [5, 5.41) is 10.2. The SMILES string of the molecule is COc1ccc([C@@H]2[C@H](Cl)C(=O)N2NC(=O)c2ccccc2O)cc1. The van der Waals surface area contributed by atoms with Gasteiger partial charge in [0.15, 0.2) is 0 Å². The molecule has 0 spiro atoms. The Bertz CT molecular complexity index is 778. The van der Waals surface area contributed by atoms with Crippen molar-refractivity contribution in [2.75, 3.05) is 7.11 Å². The van der Waals surface area contributed by atoms with E-state index in [4.69, 9.17) is 16.3 Å². The molecule has 0 unspecified atom stereocenters. The molecule has 124 valence electrons. The van der Waals surface area contributed by atoms with E-state index in [1.807, 2.05) is 0 Å². The second-order valence-electron chi connectivity index (χ2n) is 5.29. The number of nitrogens with zero attached hydrogens (tertiary/aromatic N) is 1. The van der Waals surface area contributed by atoms with Gasteiger partial charge in [-0.3, -0.25) is 15.0 Å². The molecule has 0 aliphatic carbocycles. The van der Waals surface area contributed by atoms with Crippen molar-refractivity contribution in [2.24, 2.45) is 0 Å². The fraction of sp³-hybridized carbons (Fsp3) is 0.176. The third-order valence-corrected chi connectivity index (χ3v) is 4.28. The number of methoxy groups -OCH3 is 1. The number of hydrogen-bond donors (Lipinski definition) is 2. The van der Waals surface area contributed by atoms with Gasteiger partial charge in [0, 0.05) is 0 Å². The fourth-order valence-corrected chi connectivity index (χ4v) is 2.90. The van der Waals surface area contributed by atoms with Crippen molar-refractivity contribution in [3.05, 3.63) is 59.7 Å². The molecule has 3 rings (SSSR count). The molecule has 2 amide bonds. The molecule has 2 aromatic carbocycles. The number of benzene rings is 2. The number of aromatic hydroxyl groups is 1. The topological polar surface area (TPSA) is 78.9 Å². The number of amides is 2. The third kappa shape index (κ3) is 2.76. The normalized spacial score (nSPS) is 19.6. The highest BCUT2D eigenvalue weighted by Gasteiger charge is 2.48. The molecule has 2 atom stereocenters. The number of β-lactam (4-membered cyclic amide) rings is 1. The van der Waals surface area contributed by atoms with E-state index in [0.29, 0.717) is 5.75 Å². The molecule has 0 aromatic heterocycles. The van der Waals surface area contributed by atoms with Crippen LogP contribution in [0.2, 0.25) is 0 Å². The van der Waals surface area contributed by atoms with Crippen LogP contribution in [0.3, 0.4) is 0 Å². The molecule has 1 aliphatic heterocycles. The summed E-state index contributed by atoms with van der Waals surface area (Å²) in [4.78, 5) is 24.3. The Morgan fingerprint density at radius 1 is 1.21 bits per heavy atom. The van der Waals surface area contributed by atoms with Crippen molar-refractivity contribution >= 4 is 23.4 Å². The molecular formula is C17H15ClN2O4. The number of carbonyl (C=O) groups is 2. The van der Waals surface area contributed by atoms with Crippen molar-refractivity contribution in [3.63, 3.8) is 0 Å². The van der Waals surface area contributed by atoms with E-state index in [2.05, 4.69) is 5.43 Å². The first kappa shape index (κ1) is 16.1. The van der Waals surface area contributed by atoms with Gasteiger partial charge in [-0.25, -0.2) is 5.01 Å². The highest BCUT2D eigenvalue weighted by molar-refractivity contribution is 6.33. The second-order valence-corrected chi connectivity index (χ2v) is 5.76. The fourth-order valence-electron chi connectivity index (χ4n) is 2.53. The lowest BCUT2D eigenvalue weighted by Crippen LogP contribution is -2.63. The van der Waals surface area contributed by atoms with E-state index in [9.17, 15) is 14.7 Å². The molecule has 7 heteroatoms. The average molecular weight is 347 g/mol.